The third-order valence-corrected chi connectivity index (χ3v) is 5.47. The van der Waals surface area contributed by atoms with Crippen molar-refractivity contribution < 1.29 is 4.39 Å². The van der Waals surface area contributed by atoms with Gasteiger partial charge in [0.15, 0.2) is 0 Å². The fourth-order valence-electron chi connectivity index (χ4n) is 3.64. The van der Waals surface area contributed by atoms with Gasteiger partial charge in [0, 0.05) is 43.6 Å². The second kappa shape index (κ2) is 8.07. The van der Waals surface area contributed by atoms with E-state index in [1.54, 1.807) is 6.07 Å². The number of anilines is 4. The first-order valence-corrected chi connectivity index (χ1v) is 9.94. The molecule has 0 unspecified atom stereocenters. The number of hydrogen-bond acceptors (Lipinski definition) is 5. The lowest BCUT2D eigenvalue weighted by Gasteiger charge is -2.36. The zero-order chi connectivity index (χ0) is 20.4. The van der Waals surface area contributed by atoms with E-state index in [4.69, 9.17) is 4.98 Å². The predicted octanol–water partition coefficient (Wildman–Crippen LogP) is 4.61. The molecule has 1 aromatic heterocycles. The van der Waals surface area contributed by atoms with Crippen LogP contribution in [0.5, 0.6) is 0 Å². The number of nitrogens with zero attached hydrogens (tertiary/aromatic N) is 4. The summed E-state index contributed by atoms with van der Waals surface area (Å²) >= 11 is 0. The van der Waals surface area contributed by atoms with Crippen LogP contribution in [0.25, 0.3) is 0 Å². The first kappa shape index (κ1) is 19.2. The Morgan fingerprint density at radius 2 is 1.59 bits per heavy atom. The lowest BCUT2D eigenvalue weighted by atomic mass is 10.1. The van der Waals surface area contributed by atoms with Crippen LogP contribution in [0.2, 0.25) is 0 Å². The Bertz CT molecular complexity index is 1010. The van der Waals surface area contributed by atoms with Crippen molar-refractivity contribution in [1.82, 2.24) is 9.97 Å². The van der Waals surface area contributed by atoms with Crippen molar-refractivity contribution in [3.8, 4) is 0 Å². The van der Waals surface area contributed by atoms with Gasteiger partial charge in [0.05, 0.1) is 5.69 Å². The van der Waals surface area contributed by atoms with E-state index in [0.29, 0.717) is 11.6 Å². The average Bonchev–Trinajstić information content (AvgIpc) is 2.72. The van der Waals surface area contributed by atoms with Crippen molar-refractivity contribution in [2.24, 2.45) is 0 Å². The lowest BCUT2D eigenvalue weighted by Crippen LogP contribution is -2.47. The molecule has 1 N–H and O–H groups in total. The van der Waals surface area contributed by atoms with Crippen LogP contribution < -0.4 is 15.1 Å². The summed E-state index contributed by atoms with van der Waals surface area (Å²) in [5, 5.41) is 3.44. The SMILES string of the molecule is Cc1cc(Nc2cccc(C)c2C)nc(N2CCN(c3ccccc3F)CC2)n1. The van der Waals surface area contributed by atoms with Crippen molar-refractivity contribution in [3.63, 3.8) is 0 Å². The van der Waals surface area contributed by atoms with Crippen LogP contribution in [0, 0.1) is 26.6 Å². The van der Waals surface area contributed by atoms with Crippen LogP contribution in [0.1, 0.15) is 16.8 Å². The molecule has 0 atom stereocenters. The van der Waals surface area contributed by atoms with Gasteiger partial charge in [-0.25, -0.2) is 9.37 Å². The summed E-state index contributed by atoms with van der Waals surface area (Å²) in [6, 6.07) is 15.1. The normalized spacial score (nSPS) is 14.2. The minimum absolute atomic E-state index is 0.173. The van der Waals surface area contributed by atoms with Gasteiger partial charge in [0.1, 0.15) is 11.6 Å². The van der Waals surface area contributed by atoms with E-state index in [2.05, 4.69) is 46.1 Å². The molecule has 2 aromatic carbocycles. The molecule has 0 aliphatic carbocycles. The van der Waals surface area contributed by atoms with E-state index in [1.165, 1.54) is 17.2 Å². The molecule has 1 saturated heterocycles. The Morgan fingerprint density at radius 3 is 2.34 bits per heavy atom. The molecule has 0 bridgehead atoms. The molecule has 1 aliphatic rings. The summed E-state index contributed by atoms with van der Waals surface area (Å²) in [6.07, 6.45) is 0. The summed E-state index contributed by atoms with van der Waals surface area (Å²) in [5.74, 6) is 1.33. The van der Waals surface area contributed by atoms with Crippen LogP contribution in [0.3, 0.4) is 0 Å². The van der Waals surface area contributed by atoms with E-state index in [-0.39, 0.29) is 5.82 Å². The molecule has 0 saturated carbocycles. The number of hydrogen-bond donors (Lipinski definition) is 1. The Labute approximate surface area is 171 Å². The molecular formula is C23H26FN5. The molecule has 1 aliphatic heterocycles. The minimum Gasteiger partial charge on any atom is -0.366 e. The van der Waals surface area contributed by atoms with E-state index in [9.17, 15) is 4.39 Å². The molecule has 4 rings (SSSR count). The standard InChI is InChI=1S/C23H26FN5/c1-16-7-6-9-20(18(16)3)26-22-15-17(2)25-23(27-22)29-13-11-28(12-14-29)21-10-5-4-8-19(21)24/h4-10,15H,11-14H2,1-3H3,(H,25,26,27). The molecular weight excluding hydrogens is 365 g/mol. The maximum atomic E-state index is 14.1. The lowest BCUT2D eigenvalue weighted by molar-refractivity contribution is 0.594. The van der Waals surface area contributed by atoms with Crippen molar-refractivity contribution in [2.45, 2.75) is 20.8 Å². The highest BCUT2D eigenvalue weighted by molar-refractivity contribution is 5.63. The van der Waals surface area contributed by atoms with E-state index in [0.717, 1.165) is 43.4 Å². The first-order chi connectivity index (χ1) is 14.0. The molecule has 3 aromatic rings. The highest BCUT2D eigenvalue weighted by Crippen LogP contribution is 2.25. The fourth-order valence-corrected chi connectivity index (χ4v) is 3.64. The largest absolute Gasteiger partial charge is 0.366 e. The molecule has 150 valence electrons. The van der Waals surface area contributed by atoms with Crippen molar-refractivity contribution >= 4 is 23.1 Å². The number of aryl methyl sites for hydroxylation is 2. The van der Waals surface area contributed by atoms with Crippen molar-refractivity contribution in [3.05, 3.63) is 71.2 Å². The van der Waals surface area contributed by atoms with Crippen LogP contribution in [0.4, 0.5) is 27.5 Å². The van der Waals surface area contributed by atoms with E-state index < -0.39 is 0 Å². The van der Waals surface area contributed by atoms with Gasteiger partial charge in [0.2, 0.25) is 5.95 Å². The second-order valence-electron chi connectivity index (χ2n) is 7.49. The number of benzene rings is 2. The van der Waals surface area contributed by atoms with Crippen molar-refractivity contribution in [1.29, 1.82) is 0 Å². The van der Waals surface area contributed by atoms with Crippen LogP contribution >= 0.6 is 0 Å². The van der Waals surface area contributed by atoms with Gasteiger partial charge in [-0.15, -0.1) is 0 Å². The quantitative estimate of drug-likeness (QED) is 0.704. The first-order valence-electron chi connectivity index (χ1n) is 9.94. The summed E-state index contributed by atoms with van der Waals surface area (Å²) in [6.45, 7) is 9.16. The Balaban J connectivity index is 1.50. The molecule has 0 radical (unpaired) electrons. The number of aromatic nitrogens is 2. The van der Waals surface area contributed by atoms with Gasteiger partial charge in [-0.05, 0) is 50.1 Å². The molecule has 2 heterocycles. The molecule has 1 fully saturated rings. The Morgan fingerprint density at radius 1 is 0.862 bits per heavy atom. The van der Waals surface area contributed by atoms with Crippen molar-refractivity contribution in [2.75, 3.05) is 41.3 Å². The van der Waals surface area contributed by atoms with Gasteiger partial charge in [-0.2, -0.15) is 4.98 Å². The van der Waals surface area contributed by atoms with E-state index >= 15 is 0 Å². The summed E-state index contributed by atoms with van der Waals surface area (Å²) in [7, 11) is 0. The third-order valence-electron chi connectivity index (χ3n) is 5.47. The van der Waals surface area contributed by atoms with Crippen LogP contribution in [-0.2, 0) is 0 Å². The Hall–Kier alpha value is -3.15. The number of para-hydroxylation sites is 1. The second-order valence-corrected chi connectivity index (χ2v) is 7.49. The van der Waals surface area contributed by atoms with Gasteiger partial charge < -0.3 is 15.1 Å². The maximum Gasteiger partial charge on any atom is 0.227 e. The number of halogens is 1. The maximum absolute atomic E-state index is 14.1. The predicted molar refractivity (Wildman–Crippen MR) is 117 cm³/mol. The average molecular weight is 391 g/mol. The topological polar surface area (TPSA) is 44.3 Å². The summed E-state index contributed by atoms with van der Waals surface area (Å²) in [4.78, 5) is 13.6. The summed E-state index contributed by atoms with van der Waals surface area (Å²) in [5.41, 5.74) is 5.08. The molecule has 5 nitrogen and oxygen atoms in total. The monoisotopic (exact) mass is 391 g/mol. The highest BCUT2D eigenvalue weighted by Gasteiger charge is 2.21. The van der Waals surface area contributed by atoms with Gasteiger partial charge in [-0.3, -0.25) is 0 Å². The zero-order valence-corrected chi connectivity index (χ0v) is 17.1. The Kier molecular flexibility index (Phi) is 5.34. The number of piperazine rings is 1. The highest BCUT2D eigenvalue weighted by atomic mass is 19.1. The molecule has 0 amide bonds. The van der Waals surface area contributed by atoms with Crippen LogP contribution in [0.15, 0.2) is 48.5 Å². The van der Waals surface area contributed by atoms with Crippen LogP contribution in [-0.4, -0.2) is 36.1 Å². The molecule has 29 heavy (non-hydrogen) atoms. The zero-order valence-electron chi connectivity index (χ0n) is 17.1. The third kappa shape index (κ3) is 4.16. The minimum atomic E-state index is -0.173. The smallest absolute Gasteiger partial charge is 0.227 e. The van der Waals surface area contributed by atoms with E-state index in [1.807, 2.05) is 31.2 Å². The molecule has 0 spiro atoms. The van der Waals surface area contributed by atoms with Gasteiger partial charge in [0.25, 0.3) is 0 Å². The number of nitrogens with one attached hydrogen (secondary N) is 1. The number of rotatable bonds is 4. The summed E-state index contributed by atoms with van der Waals surface area (Å²) < 4.78 is 14.1. The fraction of sp³-hybridized carbons (Fsp3) is 0.304. The molecule has 6 heteroatoms. The van der Waals surface area contributed by atoms with Gasteiger partial charge >= 0.3 is 0 Å². The van der Waals surface area contributed by atoms with Gasteiger partial charge in [-0.1, -0.05) is 24.3 Å².